The molecule has 8 heterocycles. The number of pyridine rings is 2. The van der Waals surface area contributed by atoms with E-state index in [9.17, 15) is 0 Å². The van der Waals surface area contributed by atoms with Gasteiger partial charge < -0.3 is 9.13 Å². The maximum Gasteiger partial charge on any atom is 0.166 e. The van der Waals surface area contributed by atoms with Crippen LogP contribution in [0.15, 0.2) is 473 Å². The summed E-state index contributed by atoms with van der Waals surface area (Å²) < 4.78 is 9.62. The van der Waals surface area contributed by atoms with Gasteiger partial charge >= 0.3 is 0 Å². The van der Waals surface area contributed by atoms with Crippen molar-refractivity contribution in [3.05, 3.63) is 473 Å². The van der Waals surface area contributed by atoms with Crippen molar-refractivity contribution in [2.75, 3.05) is 0 Å². The van der Waals surface area contributed by atoms with Crippen molar-refractivity contribution in [1.29, 1.82) is 0 Å². The predicted molar refractivity (Wildman–Crippen MR) is 566 cm³/mol. The maximum absolute atomic E-state index is 5.54. The Bertz CT molecular complexity index is 8940. The Hall–Kier alpha value is -17.7. The number of nitrogens with zero attached hydrogens (tertiary/aromatic N) is 10. The van der Waals surface area contributed by atoms with Crippen molar-refractivity contribution < 1.29 is 0 Å². The molecular formula is C124H78N10S2. The van der Waals surface area contributed by atoms with Crippen LogP contribution in [-0.4, -0.2) is 49.0 Å². The van der Waals surface area contributed by atoms with Gasteiger partial charge in [0.15, 0.2) is 34.9 Å². The SMILES string of the molecule is c1ccc(-c2ccc(-c3ccccc3)c(-c3cnc(-c4ccc5sc6cc7c(cc6c5c4)c4ccccc4n7-c4ccccc4)c(-c4nc(-c5ccccc5)nc(-c5ccccc5)n4)c3)c2)cc1.c1ccc(-c2ccc(-c3ccccc3)c(-c3cnc(-c4cccc5sc6cc7c(cc6c45)c4ccccc4n7-c4ccccc4)c(-c4nc(-c5ccccc5)nc(-c5ccccc5)n4)c3)c2)cc1. The van der Waals surface area contributed by atoms with Gasteiger partial charge in [0.1, 0.15) is 0 Å². The van der Waals surface area contributed by atoms with Gasteiger partial charge in [0.25, 0.3) is 0 Å². The quantitative estimate of drug-likeness (QED) is 0.0940. The van der Waals surface area contributed by atoms with E-state index in [-0.39, 0.29) is 0 Å². The highest BCUT2D eigenvalue weighted by molar-refractivity contribution is 7.26. The number of rotatable bonds is 16. The standard InChI is InChI=1S/2C62H39N5S/c1-6-19-40(20-7-1)44-33-34-47(41-21-8-2-9-22-41)50(35-44)45-36-53(62-65-60(42-23-10-3-11-24-42)64-61(66-62)43-25-12-4-13-26-43)59(63-39-45)49-30-18-32-56-58(49)52-37-51-48-29-16-17-31-54(48)67(46-27-14-5-15-28-46)55(51)38-57(52)68-56;1-6-18-40(19-7-1)44-30-32-48(41-20-8-2-9-21-41)50(34-44)46-36-54(62-65-60(42-22-10-3-11-23-42)64-61(66-62)43-24-12-4-13-25-43)59(63-39-46)45-31-33-57-52(35-45)53-37-51-49-28-16-17-29-55(49)67(47-26-14-5-15-27-47)56(51)38-58(53)68-57/h2*1-39H. The van der Waals surface area contributed by atoms with Gasteiger partial charge in [0.2, 0.25) is 0 Å². The molecule has 0 saturated carbocycles. The van der Waals surface area contributed by atoms with Crippen LogP contribution in [0.1, 0.15) is 0 Å². The van der Waals surface area contributed by atoms with Crippen LogP contribution < -0.4 is 0 Å². The zero-order valence-electron chi connectivity index (χ0n) is 73.3. The lowest BCUT2D eigenvalue weighted by atomic mass is 9.90. The minimum atomic E-state index is 0.549. The fourth-order valence-corrected chi connectivity index (χ4v) is 21.6. The average molecular weight is 1770 g/mol. The summed E-state index contributed by atoms with van der Waals surface area (Å²) in [6.45, 7) is 0. The van der Waals surface area contributed by atoms with E-state index < -0.39 is 0 Å². The lowest BCUT2D eigenvalue weighted by Crippen LogP contribution is -2.02. The van der Waals surface area contributed by atoms with Crippen molar-refractivity contribution in [2.45, 2.75) is 0 Å². The Labute approximate surface area is 792 Å². The lowest BCUT2D eigenvalue weighted by molar-refractivity contribution is 1.07. The molecule has 0 atom stereocenters. The highest BCUT2D eigenvalue weighted by atomic mass is 32.1. The first-order chi connectivity index (χ1) is 67.4. The fourth-order valence-electron chi connectivity index (χ4n) is 19.4. The molecule has 26 rings (SSSR count). The first-order valence-corrected chi connectivity index (χ1v) is 47.2. The zero-order chi connectivity index (χ0) is 89.9. The third-order valence-corrected chi connectivity index (χ3v) is 28.1. The van der Waals surface area contributed by atoms with Crippen LogP contribution in [0.4, 0.5) is 0 Å². The Kier molecular flexibility index (Phi) is 20.4. The van der Waals surface area contributed by atoms with E-state index in [0.29, 0.717) is 34.9 Å². The maximum atomic E-state index is 5.54. The molecule has 0 aliphatic rings. The number of aromatic nitrogens is 10. The molecule has 10 nitrogen and oxygen atoms in total. The summed E-state index contributed by atoms with van der Waals surface area (Å²) in [4.78, 5) is 42.4. The molecule has 0 spiro atoms. The molecule has 0 unspecified atom stereocenters. The van der Waals surface area contributed by atoms with Crippen LogP contribution in [0.5, 0.6) is 0 Å². The number of benzene rings is 18. The minimum Gasteiger partial charge on any atom is -0.309 e. The molecule has 0 N–H and O–H groups in total. The van der Waals surface area contributed by atoms with Gasteiger partial charge in [0.05, 0.1) is 33.5 Å². The summed E-state index contributed by atoms with van der Waals surface area (Å²) in [5, 5.41) is 9.63. The summed E-state index contributed by atoms with van der Waals surface area (Å²) >= 11 is 3.64. The summed E-state index contributed by atoms with van der Waals surface area (Å²) in [7, 11) is 0. The van der Waals surface area contributed by atoms with Crippen molar-refractivity contribution in [3.63, 3.8) is 0 Å². The monoisotopic (exact) mass is 1770 g/mol. The van der Waals surface area contributed by atoms with Crippen molar-refractivity contribution in [1.82, 2.24) is 49.0 Å². The van der Waals surface area contributed by atoms with Crippen LogP contribution in [0.25, 0.3) is 253 Å². The molecule has 0 aliphatic carbocycles. The van der Waals surface area contributed by atoms with Crippen LogP contribution in [0.2, 0.25) is 0 Å². The van der Waals surface area contributed by atoms with Gasteiger partial charge in [-0.05, 0) is 159 Å². The van der Waals surface area contributed by atoms with E-state index in [1.165, 1.54) is 78.6 Å². The summed E-state index contributed by atoms with van der Waals surface area (Å²) in [6.07, 6.45) is 4.05. The summed E-state index contributed by atoms with van der Waals surface area (Å²) in [5.74, 6) is 3.48. The third-order valence-electron chi connectivity index (χ3n) is 25.8. The summed E-state index contributed by atoms with van der Waals surface area (Å²) in [6, 6.07) is 163. The normalized spacial score (nSPS) is 11.5. The molecule has 0 saturated heterocycles. The van der Waals surface area contributed by atoms with Gasteiger partial charge in [-0.1, -0.05) is 358 Å². The Morgan fingerprint density at radius 2 is 0.500 bits per heavy atom. The largest absolute Gasteiger partial charge is 0.309 e. The predicted octanol–water partition coefficient (Wildman–Crippen LogP) is 32.8. The van der Waals surface area contributed by atoms with E-state index in [1.54, 1.807) is 0 Å². The van der Waals surface area contributed by atoms with Crippen LogP contribution >= 0.6 is 22.7 Å². The van der Waals surface area contributed by atoms with Gasteiger partial charge in [-0.2, -0.15) is 0 Å². The van der Waals surface area contributed by atoms with Crippen molar-refractivity contribution in [2.24, 2.45) is 0 Å². The van der Waals surface area contributed by atoms with Crippen LogP contribution in [0, 0.1) is 0 Å². The van der Waals surface area contributed by atoms with Gasteiger partial charge in [0, 0.05) is 141 Å². The van der Waals surface area contributed by atoms with E-state index >= 15 is 0 Å². The van der Waals surface area contributed by atoms with Crippen LogP contribution in [-0.2, 0) is 0 Å². The number of fused-ring (bicyclic) bond motifs is 12. The number of thiophene rings is 2. The van der Waals surface area contributed by atoms with Gasteiger partial charge in [-0.3, -0.25) is 9.97 Å². The zero-order valence-corrected chi connectivity index (χ0v) is 75.0. The second kappa shape index (κ2) is 34.6. The number of para-hydroxylation sites is 4. The first-order valence-electron chi connectivity index (χ1n) is 45.6. The smallest absolute Gasteiger partial charge is 0.166 e. The van der Waals surface area contributed by atoms with Crippen molar-refractivity contribution in [3.8, 4) is 169 Å². The molecule has 0 radical (unpaired) electrons. The minimum absolute atomic E-state index is 0.549. The Morgan fingerprint density at radius 1 is 0.162 bits per heavy atom. The topological polar surface area (TPSA) is 113 Å². The van der Waals surface area contributed by atoms with E-state index in [1.807, 2.05) is 108 Å². The molecular weight excluding hydrogens is 1690 g/mol. The summed E-state index contributed by atoms with van der Waals surface area (Å²) in [5.41, 5.74) is 29.0. The second-order valence-electron chi connectivity index (χ2n) is 34.0. The third kappa shape index (κ3) is 14.8. The van der Waals surface area contributed by atoms with Gasteiger partial charge in [-0.15, -0.1) is 22.7 Å². The lowest BCUT2D eigenvalue weighted by Gasteiger charge is -2.17. The van der Waals surface area contributed by atoms with E-state index in [4.69, 9.17) is 39.9 Å². The number of hydrogen-bond donors (Lipinski definition) is 0. The molecule has 0 bridgehead atoms. The van der Waals surface area contributed by atoms with E-state index in [0.717, 1.165) is 139 Å². The van der Waals surface area contributed by atoms with E-state index in [2.05, 4.69) is 397 Å². The Balaban J connectivity index is 0.000000145. The molecule has 12 heteroatoms. The molecule has 26 aromatic rings. The molecule has 8 aromatic heterocycles. The van der Waals surface area contributed by atoms with Crippen molar-refractivity contribution >= 4 is 107 Å². The first kappa shape index (κ1) is 80.4. The molecule has 0 aliphatic heterocycles. The van der Waals surface area contributed by atoms with Crippen LogP contribution in [0.3, 0.4) is 0 Å². The molecule has 18 aromatic carbocycles. The highest BCUT2D eigenvalue weighted by Crippen LogP contribution is 2.50. The molecule has 636 valence electrons. The Morgan fingerprint density at radius 3 is 0.941 bits per heavy atom. The molecule has 136 heavy (non-hydrogen) atoms. The average Bonchev–Trinajstić information content (AvgIpc) is 1.56. The fraction of sp³-hybridized carbons (Fsp3) is 0. The molecule has 0 amide bonds. The second-order valence-corrected chi connectivity index (χ2v) is 36.2. The molecule has 0 fully saturated rings. The highest BCUT2D eigenvalue weighted by Gasteiger charge is 2.27. The number of hydrogen-bond acceptors (Lipinski definition) is 10. The van der Waals surface area contributed by atoms with Gasteiger partial charge in [-0.25, -0.2) is 29.9 Å².